The highest BCUT2D eigenvalue weighted by molar-refractivity contribution is 6.33. The molecule has 1 atom stereocenters. The number of aliphatic hydroxyl groups excluding tert-OH is 1. The van der Waals surface area contributed by atoms with Crippen molar-refractivity contribution in [3.63, 3.8) is 0 Å². The molecule has 2 N–H and O–H groups in total. The van der Waals surface area contributed by atoms with Crippen molar-refractivity contribution in [1.82, 2.24) is 5.32 Å². The number of aliphatic hydroxyl groups is 1. The van der Waals surface area contributed by atoms with E-state index in [2.05, 4.69) is 5.32 Å². The lowest BCUT2D eigenvalue weighted by atomic mass is 10.1. The van der Waals surface area contributed by atoms with Gasteiger partial charge in [0.15, 0.2) is 0 Å². The van der Waals surface area contributed by atoms with Gasteiger partial charge in [0.05, 0.1) is 29.9 Å². The van der Waals surface area contributed by atoms with Gasteiger partial charge in [-0.25, -0.2) is 0 Å². The molecular formula is C13H17ClN2O2. The van der Waals surface area contributed by atoms with Crippen molar-refractivity contribution in [1.29, 1.82) is 0 Å². The number of halogens is 1. The molecule has 0 aliphatic carbocycles. The van der Waals surface area contributed by atoms with Crippen LogP contribution in [0.5, 0.6) is 0 Å². The average molecular weight is 269 g/mol. The van der Waals surface area contributed by atoms with E-state index in [1.54, 1.807) is 0 Å². The molecule has 1 aliphatic rings. The lowest BCUT2D eigenvalue weighted by Crippen LogP contribution is -2.55. The van der Waals surface area contributed by atoms with Crippen molar-refractivity contribution in [3.8, 4) is 0 Å². The predicted molar refractivity (Wildman–Crippen MR) is 72.2 cm³/mol. The Bertz CT molecular complexity index is 453. The van der Waals surface area contributed by atoms with Crippen LogP contribution in [0.25, 0.3) is 0 Å². The highest BCUT2D eigenvalue weighted by Crippen LogP contribution is 2.31. The van der Waals surface area contributed by atoms with Crippen LogP contribution in [-0.2, 0) is 4.79 Å². The number of amides is 1. The van der Waals surface area contributed by atoms with Gasteiger partial charge < -0.3 is 15.3 Å². The quantitative estimate of drug-likeness (QED) is 0.849. The van der Waals surface area contributed by atoms with Gasteiger partial charge in [-0.15, -0.1) is 0 Å². The van der Waals surface area contributed by atoms with Crippen LogP contribution < -0.4 is 10.2 Å². The van der Waals surface area contributed by atoms with E-state index in [1.165, 1.54) is 0 Å². The molecule has 1 fully saturated rings. The third-order valence-corrected chi connectivity index (χ3v) is 3.36. The molecular weight excluding hydrogens is 252 g/mol. The number of hydrogen-bond acceptors (Lipinski definition) is 3. The van der Waals surface area contributed by atoms with Gasteiger partial charge in [0, 0.05) is 6.54 Å². The minimum Gasteiger partial charge on any atom is -0.394 e. The van der Waals surface area contributed by atoms with Crippen LogP contribution in [0.1, 0.15) is 11.1 Å². The summed E-state index contributed by atoms with van der Waals surface area (Å²) in [7, 11) is 0. The monoisotopic (exact) mass is 268 g/mol. The summed E-state index contributed by atoms with van der Waals surface area (Å²) < 4.78 is 0. The zero-order valence-electron chi connectivity index (χ0n) is 10.5. The number of rotatable bonds is 2. The van der Waals surface area contributed by atoms with E-state index >= 15 is 0 Å². The van der Waals surface area contributed by atoms with Crippen LogP contribution in [0.4, 0.5) is 5.69 Å². The predicted octanol–water partition coefficient (Wildman–Crippen LogP) is 1.25. The van der Waals surface area contributed by atoms with Crippen molar-refractivity contribution in [2.24, 2.45) is 0 Å². The van der Waals surface area contributed by atoms with E-state index in [0.717, 1.165) is 16.8 Å². The Labute approximate surface area is 112 Å². The van der Waals surface area contributed by atoms with E-state index in [1.807, 2.05) is 30.9 Å². The van der Waals surface area contributed by atoms with Crippen molar-refractivity contribution >= 4 is 23.2 Å². The van der Waals surface area contributed by atoms with Crippen molar-refractivity contribution in [2.75, 3.05) is 24.6 Å². The second kappa shape index (κ2) is 5.16. The fourth-order valence-electron chi connectivity index (χ4n) is 2.41. The van der Waals surface area contributed by atoms with Crippen LogP contribution in [0, 0.1) is 13.8 Å². The number of nitrogens with one attached hydrogen (secondary N) is 1. The molecule has 1 unspecified atom stereocenters. The summed E-state index contributed by atoms with van der Waals surface area (Å²) in [6.45, 7) is 4.76. The van der Waals surface area contributed by atoms with Crippen molar-refractivity contribution in [3.05, 3.63) is 28.3 Å². The Balaban J connectivity index is 2.33. The molecule has 1 heterocycles. The topological polar surface area (TPSA) is 52.6 Å². The van der Waals surface area contributed by atoms with Crippen LogP contribution in [-0.4, -0.2) is 36.8 Å². The molecule has 4 nitrogen and oxygen atoms in total. The first-order chi connectivity index (χ1) is 8.51. The Morgan fingerprint density at radius 1 is 1.50 bits per heavy atom. The van der Waals surface area contributed by atoms with Gasteiger partial charge in [-0.3, -0.25) is 4.79 Å². The molecule has 0 saturated carbocycles. The summed E-state index contributed by atoms with van der Waals surface area (Å²) in [5.74, 6) is -0.0867. The van der Waals surface area contributed by atoms with Gasteiger partial charge in [0.1, 0.15) is 0 Å². The number of carbonyl (C=O) groups excluding carboxylic acids is 1. The standard InChI is InChI=1S/C13H17ClN2O2/c1-8-3-9(2)13(11(14)4-8)16-5-10(7-17)15-12(18)6-16/h3-4,10,17H,5-7H2,1-2H3,(H,15,18). The number of piperazine rings is 1. The van der Waals surface area contributed by atoms with Crippen LogP contribution in [0.15, 0.2) is 12.1 Å². The fraction of sp³-hybridized carbons (Fsp3) is 0.462. The van der Waals surface area contributed by atoms with Crippen LogP contribution >= 0.6 is 11.6 Å². The van der Waals surface area contributed by atoms with Gasteiger partial charge in [0.2, 0.25) is 5.91 Å². The Morgan fingerprint density at radius 3 is 2.83 bits per heavy atom. The number of nitrogens with zero attached hydrogens (tertiary/aromatic N) is 1. The summed E-state index contributed by atoms with van der Waals surface area (Å²) in [5, 5.41) is 12.6. The number of carbonyl (C=O) groups is 1. The lowest BCUT2D eigenvalue weighted by molar-refractivity contribution is -0.121. The van der Waals surface area contributed by atoms with Crippen LogP contribution in [0.2, 0.25) is 5.02 Å². The van der Waals surface area contributed by atoms with E-state index in [9.17, 15) is 9.90 Å². The van der Waals surface area contributed by atoms with Gasteiger partial charge in [-0.05, 0) is 31.0 Å². The maximum absolute atomic E-state index is 11.6. The molecule has 98 valence electrons. The molecule has 1 aromatic rings. The maximum atomic E-state index is 11.6. The third-order valence-electron chi connectivity index (χ3n) is 3.08. The number of hydrogen-bond donors (Lipinski definition) is 2. The summed E-state index contributed by atoms with van der Waals surface area (Å²) >= 11 is 6.27. The fourth-order valence-corrected chi connectivity index (χ4v) is 2.85. The Kier molecular flexibility index (Phi) is 3.78. The molecule has 1 amide bonds. The molecule has 5 heteroatoms. The zero-order chi connectivity index (χ0) is 13.3. The number of aryl methyl sites for hydroxylation is 2. The Morgan fingerprint density at radius 2 is 2.22 bits per heavy atom. The van der Waals surface area contributed by atoms with Gasteiger partial charge >= 0.3 is 0 Å². The highest BCUT2D eigenvalue weighted by Gasteiger charge is 2.26. The zero-order valence-corrected chi connectivity index (χ0v) is 11.3. The largest absolute Gasteiger partial charge is 0.394 e. The second-order valence-electron chi connectivity index (χ2n) is 4.74. The Hall–Kier alpha value is -1.26. The minimum atomic E-state index is -0.233. The van der Waals surface area contributed by atoms with E-state index < -0.39 is 0 Å². The van der Waals surface area contributed by atoms with E-state index in [0.29, 0.717) is 11.6 Å². The van der Waals surface area contributed by atoms with E-state index in [4.69, 9.17) is 11.6 Å². The molecule has 18 heavy (non-hydrogen) atoms. The highest BCUT2D eigenvalue weighted by atomic mass is 35.5. The molecule has 0 bridgehead atoms. The molecule has 2 rings (SSSR count). The van der Waals surface area contributed by atoms with Gasteiger partial charge in [-0.2, -0.15) is 0 Å². The molecule has 1 saturated heterocycles. The molecule has 0 aromatic heterocycles. The summed E-state index contributed by atoms with van der Waals surface area (Å²) in [4.78, 5) is 13.5. The molecule has 0 spiro atoms. The SMILES string of the molecule is Cc1cc(C)c(N2CC(=O)NC(CO)C2)c(Cl)c1. The van der Waals surface area contributed by atoms with Crippen molar-refractivity contribution < 1.29 is 9.90 Å². The lowest BCUT2D eigenvalue weighted by Gasteiger charge is -2.35. The summed E-state index contributed by atoms with van der Waals surface area (Å²) in [6.07, 6.45) is 0. The maximum Gasteiger partial charge on any atom is 0.239 e. The molecule has 0 radical (unpaired) electrons. The average Bonchev–Trinajstić information content (AvgIpc) is 2.26. The van der Waals surface area contributed by atoms with Gasteiger partial charge in [0.25, 0.3) is 0 Å². The first-order valence-corrected chi connectivity index (χ1v) is 6.31. The normalized spacial score (nSPS) is 19.9. The smallest absolute Gasteiger partial charge is 0.239 e. The minimum absolute atomic E-state index is 0.0647. The molecule has 1 aromatic carbocycles. The summed E-state index contributed by atoms with van der Waals surface area (Å²) in [6, 6.07) is 3.70. The van der Waals surface area contributed by atoms with Gasteiger partial charge in [-0.1, -0.05) is 17.7 Å². The first kappa shape index (κ1) is 13.2. The first-order valence-electron chi connectivity index (χ1n) is 5.93. The van der Waals surface area contributed by atoms with Crippen LogP contribution in [0.3, 0.4) is 0 Å². The van der Waals surface area contributed by atoms with Crippen molar-refractivity contribution in [2.45, 2.75) is 19.9 Å². The van der Waals surface area contributed by atoms with E-state index in [-0.39, 0.29) is 25.1 Å². The molecule has 1 aliphatic heterocycles. The summed E-state index contributed by atoms with van der Waals surface area (Å²) in [5.41, 5.74) is 3.03. The second-order valence-corrected chi connectivity index (χ2v) is 5.15. The number of anilines is 1. The third kappa shape index (κ3) is 2.60. The number of benzene rings is 1.